The highest BCUT2D eigenvalue weighted by Crippen LogP contribution is 2.31. The Morgan fingerprint density at radius 2 is 1.85 bits per heavy atom. The van der Waals surface area contributed by atoms with Gasteiger partial charge in [0.2, 0.25) is 0 Å². The van der Waals surface area contributed by atoms with Crippen LogP contribution < -0.4 is 15.4 Å². The average molecular weight is 270 g/mol. The molecule has 2 rings (SSSR count). The summed E-state index contributed by atoms with van der Waals surface area (Å²) in [6.45, 7) is 4.86. The normalized spacial score (nSPS) is 10.3. The van der Waals surface area contributed by atoms with E-state index in [2.05, 4.69) is 43.0 Å². The van der Waals surface area contributed by atoms with Gasteiger partial charge in [-0.05, 0) is 43.2 Å². The number of benzene rings is 2. The predicted octanol–water partition coefficient (Wildman–Crippen LogP) is 4.13. The Morgan fingerprint density at radius 3 is 2.55 bits per heavy atom. The fourth-order valence-electron chi connectivity index (χ4n) is 2.05. The van der Waals surface area contributed by atoms with Crippen LogP contribution in [0.15, 0.2) is 42.5 Å². The van der Waals surface area contributed by atoms with Crippen molar-refractivity contribution in [1.29, 1.82) is 0 Å². The molecule has 3 heteroatoms. The number of hydrogen-bond acceptors (Lipinski definition) is 3. The predicted molar refractivity (Wildman–Crippen MR) is 85.9 cm³/mol. The van der Waals surface area contributed by atoms with Crippen molar-refractivity contribution in [2.75, 3.05) is 24.3 Å². The molecule has 2 N–H and O–H groups in total. The van der Waals surface area contributed by atoms with Crippen LogP contribution in [0.4, 0.5) is 17.1 Å². The first-order valence-corrected chi connectivity index (χ1v) is 6.94. The maximum absolute atomic E-state index is 5.95. The van der Waals surface area contributed by atoms with Crippen molar-refractivity contribution < 1.29 is 4.74 Å². The van der Waals surface area contributed by atoms with Crippen LogP contribution in [-0.2, 0) is 0 Å². The van der Waals surface area contributed by atoms with E-state index < -0.39 is 0 Å². The summed E-state index contributed by atoms with van der Waals surface area (Å²) >= 11 is 0. The largest absolute Gasteiger partial charge is 0.491 e. The molecule has 0 radical (unpaired) electrons. The summed E-state index contributed by atoms with van der Waals surface area (Å²) in [6, 6.07) is 14.3. The molecule has 0 bridgehead atoms. The van der Waals surface area contributed by atoms with E-state index in [0.29, 0.717) is 12.3 Å². The molecule has 0 saturated carbocycles. The Labute approximate surface area is 121 Å². The second-order valence-corrected chi connectivity index (χ2v) is 4.97. The number of hydrogen-bond donors (Lipinski definition) is 1. The van der Waals surface area contributed by atoms with Crippen molar-refractivity contribution in [3.05, 3.63) is 48.0 Å². The molecule has 0 amide bonds. The first-order chi connectivity index (χ1) is 9.61. The summed E-state index contributed by atoms with van der Waals surface area (Å²) < 4.78 is 5.68. The van der Waals surface area contributed by atoms with Crippen molar-refractivity contribution in [3.8, 4) is 5.75 Å². The van der Waals surface area contributed by atoms with Gasteiger partial charge in [-0.25, -0.2) is 0 Å². The number of rotatable bonds is 5. The lowest BCUT2D eigenvalue weighted by atomic mass is 10.2. The van der Waals surface area contributed by atoms with Crippen LogP contribution in [0.3, 0.4) is 0 Å². The molecule has 0 saturated heterocycles. The molecule has 0 aliphatic carbocycles. The first kappa shape index (κ1) is 14.3. The van der Waals surface area contributed by atoms with Gasteiger partial charge in [0, 0.05) is 24.5 Å². The number of nitrogens with zero attached hydrogens (tertiary/aromatic N) is 1. The zero-order valence-corrected chi connectivity index (χ0v) is 12.4. The van der Waals surface area contributed by atoms with Gasteiger partial charge in [-0.3, -0.25) is 0 Å². The monoisotopic (exact) mass is 270 g/mol. The molecule has 0 fully saturated rings. The van der Waals surface area contributed by atoms with Gasteiger partial charge in [0.25, 0.3) is 0 Å². The molecule has 0 atom stereocenters. The number of ether oxygens (including phenoxy) is 1. The summed E-state index contributed by atoms with van der Waals surface area (Å²) in [7, 11) is 2.05. The molecule has 106 valence electrons. The van der Waals surface area contributed by atoms with Crippen LogP contribution in [0.5, 0.6) is 5.75 Å². The quantitative estimate of drug-likeness (QED) is 0.830. The van der Waals surface area contributed by atoms with E-state index >= 15 is 0 Å². The third-order valence-corrected chi connectivity index (χ3v) is 3.24. The highest BCUT2D eigenvalue weighted by molar-refractivity contribution is 5.68. The summed E-state index contributed by atoms with van der Waals surface area (Å²) in [4.78, 5) is 2.13. The third kappa shape index (κ3) is 3.23. The summed E-state index contributed by atoms with van der Waals surface area (Å²) in [6.07, 6.45) is 0.970. The van der Waals surface area contributed by atoms with E-state index in [9.17, 15) is 0 Å². The van der Waals surface area contributed by atoms with Gasteiger partial charge in [0.05, 0.1) is 12.3 Å². The van der Waals surface area contributed by atoms with Crippen LogP contribution >= 0.6 is 0 Å². The number of nitrogen functional groups attached to an aromatic ring is 1. The summed E-state index contributed by atoms with van der Waals surface area (Å²) in [5.74, 6) is 0.754. The first-order valence-electron chi connectivity index (χ1n) is 6.94. The van der Waals surface area contributed by atoms with Crippen LogP contribution in [0.2, 0.25) is 0 Å². The lowest BCUT2D eigenvalue weighted by Gasteiger charge is -2.21. The van der Waals surface area contributed by atoms with Crippen LogP contribution in [0, 0.1) is 6.92 Å². The van der Waals surface area contributed by atoms with Crippen molar-refractivity contribution in [1.82, 2.24) is 0 Å². The van der Waals surface area contributed by atoms with Gasteiger partial charge in [-0.15, -0.1) is 0 Å². The summed E-state index contributed by atoms with van der Waals surface area (Å²) in [5, 5.41) is 0. The second kappa shape index (κ2) is 6.33. The minimum Gasteiger partial charge on any atom is -0.491 e. The fraction of sp³-hybridized carbons (Fsp3) is 0.294. The Kier molecular flexibility index (Phi) is 4.51. The Morgan fingerprint density at radius 1 is 1.10 bits per heavy atom. The zero-order chi connectivity index (χ0) is 14.5. The lowest BCUT2D eigenvalue weighted by Crippen LogP contribution is -2.10. The molecular formula is C17H22N2O. The van der Waals surface area contributed by atoms with Gasteiger partial charge >= 0.3 is 0 Å². The van der Waals surface area contributed by atoms with Crippen molar-refractivity contribution in [2.24, 2.45) is 0 Å². The maximum Gasteiger partial charge on any atom is 0.144 e. The van der Waals surface area contributed by atoms with Crippen molar-refractivity contribution >= 4 is 17.1 Å². The molecule has 0 aliphatic rings. The van der Waals surface area contributed by atoms with Crippen LogP contribution in [0.25, 0.3) is 0 Å². The molecule has 3 nitrogen and oxygen atoms in total. The molecule has 0 unspecified atom stereocenters. The SMILES string of the molecule is CCCOc1cc(N(C)c2cccc(C)c2)ccc1N. The van der Waals surface area contributed by atoms with E-state index in [1.807, 2.05) is 25.2 Å². The van der Waals surface area contributed by atoms with Crippen molar-refractivity contribution in [2.45, 2.75) is 20.3 Å². The smallest absolute Gasteiger partial charge is 0.144 e. The minimum absolute atomic E-state index is 0.680. The van der Waals surface area contributed by atoms with E-state index in [0.717, 1.165) is 23.5 Å². The zero-order valence-electron chi connectivity index (χ0n) is 12.4. The topological polar surface area (TPSA) is 38.5 Å². The lowest BCUT2D eigenvalue weighted by molar-refractivity contribution is 0.319. The molecule has 0 aliphatic heterocycles. The standard InChI is InChI=1S/C17H22N2O/c1-4-10-20-17-12-15(8-9-16(17)18)19(3)14-7-5-6-13(2)11-14/h5-9,11-12H,4,10,18H2,1-3H3. The molecule has 0 spiro atoms. The number of nitrogens with two attached hydrogens (primary N) is 1. The number of aryl methyl sites for hydroxylation is 1. The van der Waals surface area contributed by atoms with Gasteiger partial charge in [0.15, 0.2) is 0 Å². The molecular weight excluding hydrogens is 248 g/mol. The molecule has 0 heterocycles. The van der Waals surface area contributed by atoms with E-state index in [1.54, 1.807) is 0 Å². The van der Waals surface area contributed by atoms with E-state index in [4.69, 9.17) is 10.5 Å². The second-order valence-electron chi connectivity index (χ2n) is 4.97. The molecule has 2 aromatic rings. The Hall–Kier alpha value is -2.16. The van der Waals surface area contributed by atoms with Crippen LogP contribution in [0.1, 0.15) is 18.9 Å². The van der Waals surface area contributed by atoms with Crippen molar-refractivity contribution in [3.63, 3.8) is 0 Å². The molecule has 2 aromatic carbocycles. The van der Waals surface area contributed by atoms with Gasteiger partial charge in [-0.2, -0.15) is 0 Å². The number of anilines is 3. The average Bonchev–Trinajstić information content (AvgIpc) is 2.45. The van der Waals surface area contributed by atoms with Crippen LogP contribution in [-0.4, -0.2) is 13.7 Å². The highest BCUT2D eigenvalue weighted by atomic mass is 16.5. The highest BCUT2D eigenvalue weighted by Gasteiger charge is 2.08. The molecule has 20 heavy (non-hydrogen) atoms. The van der Waals surface area contributed by atoms with E-state index in [1.165, 1.54) is 5.56 Å². The maximum atomic E-state index is 5.95. The Bertz CT molecular complexity index is 581. The van der Waals surface area contributed by atoms with E-state index in [-0.39, 0.29) is 0 Å². The Balaban J connectivity index is 2.28. The molecule has 0 aromatic heterocycles. The van der Waals surface area contributed by atoms with Gasteiger partial charge in [-0.1, -0.05) is 19.1 Å². The fourth-order valence-corrected chi connectivity index (χ4v) is 2.05. The minimum atomic E-state index is 0.680. The third-order valence-electron chi connectivity index (χ3n) is 3.24. The summed E-state index contributed by atoms with van der Waals surface area (Å²) in [5.41, 5.74) is 10.1. The van der Waals surface area contributed by atoms with Gasteiger partial charge in [0.1, 0.15) is 5.75 Å². The van der Waals surface area contributed by atoms with Gasteiger partial charge < -0.3 is 15.4 Å².